The number of ether oxygens (including phenoxy) is 2. The minimum absolute atomic E-state index is 0.0890. The predicted molar refractivity (Wildman–Crippen MR) is 196 cm³/mol. The van der Waals surface area contributed by atoms with Gasteiger partial charge >= 0.3 is 12.1 Å². The zero-order chi connectivity index (χ0) is 36.8. The number of amides is 3. The molecule has 10 heteroatoms. The van der Waals surface area contributed by atoms with Gasteiger partial charge in [0.05, 0.1) is 18.1 Å². The van der Waals surface area contributed by atoms with E-state index < -0.39 is 35.5 Å². The van der Waals surface area contributed by atoms with E-state index in [-0.39, 0.29) is 57.5 Å². The second-order valence-electron chi connectivity index (χ2n) is 13.3. The maximum atomic E-state index is 13.4. The maximum absolute atomic E-state index is 13.4. The molecule has 0 saturated carbocycles. The van der Waals surface area contributed by atoms with Crippen LogP contribution in [0.4, 0.5) is 4.79 Å². The standard InChI is InChI=1S/C41H49N3O7/c1-5-7-22-36(42-40(49)50-27-35-33-20-13-11-18-31(33)32-19-12-14-21-34(32)35)39(48)51-28-41(3,4)43-38(47)30(15-6-2)25-37(46)44(23-24-45)26-29-16-9-8-10-17-29/h5-6,8-14,16-21,30,35-36,45H,1-2,7,15,22-28H2,3-4H3,(H,42,49)(H,43,47)/t30-,36+/m1/s1. The fraction of sp³-hybridized carbons (Fsp3) is 0.366. The SMILES string of the molecule is C=CCC[C@H](NC(=O)OCC1c2ccccc2-c2ccccc21)C(=O)OCC(C)(C)NC(=O)[C@H](CC=C)CC(=O)N(CCO)Cc1ccccc1. The number of allylic oxidation sites excluding steroid dienone is 2. The van der Waals surface area contributed by atoms with Crippen molar-refractivity contribution < 1.29 is 33.8 Å². The number of hydrogen-bond acceptors (Lipinski definition) is 7. The molecule has 3 N–H and O–H groups in total. The number of rotatable bonds is 19. The topological polar surface area (TPSA) is 134 Å². The zero-order valence-corrected chi connectivity index (χ0v) is 29.5. The average molecular weight is 696 g/mol. The molecule has 0 heterocycles. The maximum Gasteiger partial charge on any atom is 0.407 e. The van der Waals surface area contributed by atoms with Gasteiger partial charge in [-0.3, -0.25) is 9.59 Å². The van der Waals surface area contributed by atoms with Crippen molar-refractivity contribution in [2.75, 3.05) is 26.4 Å². The summed E-state index contributed by atoms with van der Waals surface area (Å²) in [4.78, 5) is 54.4. The molecule has 270 valence electrons. The predicted octanol–water partition coefficient (Wildman–Crippen LogP) is 5.90. The summed E-state index contributed by atoms with van der Waals surface area (Å²) in [5, 5.41) is 15.1. The third-order valence-electron chi connectivity index (χ3n) is 8.80. The van der Waals surface area contributed by atoms with Crippen molar-refractivity contribution in [3.63, 3.8) is 0 Å². The van der Waals surface area contributed by atoms with E-state index in [9.17, 15) is 24.3 Å². The molecular formula is C41H49N3O7. The Kier molecular flexibility index (Phi) is 14.1. The Bertz CT molecular complexity index is 1630. The lowest BCUT2D eigenvalue weighted by atomic mass is 9.97. The summed E-state index contributed by atoms with van der Waals surface area (Å²) in [6.45, 7) is 11.0. The average Bonchev–Trinajstić information content (AvgIpc) is 3.44. The van der Waals surface area contributed by atoms with Crippen LogP contribution in [0.2, 0.25) is 0 Å². The van der Waals surface area contributed by atoms with Gasteiger partial charge in [0.15, 0.2) is 0 Å². The Hall–Kier alpha value is -5.22. The molecule has 51 heavy (non-hydrogen) atoms. The minimum atomic E-state index is -1.00. The van der Waals surface area contributed by atoms with Gasteiger partial charge < -0.3 is 30.1 Å². The molecule has 3 aromatic carbocycles. The summed E-state index contributed by atoms with van der Waals surface area (Å²) in [7, 11) is 0. The number of fused-ring (bicyclic) bond motifs is 3. The van der Waals surface area contributed by atoms with Crippen LogP contribution in [0.1, 0.15) is 62.1 Å². The van der Waals surface area contributed by atoms with Gasteiger partial charge in [0.25, 0.3) is 0 Å². The third-order valence-corrected chi connectivity index (χ3v) is 8.80. The van der Waals surface area contributed by atoms with Crippen LogP contribution >= 0.6 is 0 Å². The fourth-order valence-corrected chi connectivity index (χ4v) is 6.18. The largest absolute Gasteiger partial charge is 0.462 e. The van der Waals surface area contributed by atoms with Gasteiger partial charge in [-0.05, 0) is 60.9 Å². The van der Waals surface area contributed by atoms with Gasteiger partial charge in [-0.25, -0.2) is 9.59 Å². The lowest BCUT2D eigenvalue weighted by molar-refractivity contribution is -0.149. The Morgan fingerprint density at radius 3 is 2.14 bits per heavy atom. The van der Waals surface area contributed by atoms with E-state index in [2.05, 4.69) is 35.9 Å². The number of nitrogens with one attached hydrogen (secondary N) is 2. The van der Waals surface area contributed by atoms with Crippen LogP contribution in [-0.4, -0.2) is 71.8 Å². The number of aliphatic hydroxyl groups is 1. The number of benzene rings is 3. The summed E-state index contributed by atoms with van der Waals surface area (Å²) in [6.07, 6.45) is 3.33. The highest BCUT2D eigenvalue weighted by molar-refractivity contribution is 5.86. The van der Waals surface area contributed by atoms with E-state index in [1.54, 1.807) is 26.0 Å². The molecule has 0 unspecified atom stereocenters. The van der Waals surface area contributed by atoms with Crippen LogP contribution in [-0.2, 0) is 30.4 Å². The lowest BCUT2D eigenvalue weighted by Gasteiger charge is -2.30. The molecule has 1 aliphatic carbocycles. The van der Waals surface area contributed by atoms with Crippen LogP contribution in [0, 0.1) is 5.92 Å². The van der Waals surface area contributed by atoms with Gasteiger partial charge in [0.1, 0.15) is 19.3 Å². The van der Waals surface area contributed by atoms with Crippen molar-refractivity contribution in [3.8, 4) is 11.1 Å². The van der Waals surface area contributed by atoms with E-state index in [1.165, 1.54) is 4.90 Å². The second kappa shape index (κ2) is 18.7. The van der Waals surface area contributed by atoms with E-state index in [1.807, 2.05) is 66.7 Å². The van der Waals surface area contributed by atoms with E-state index in [4.69, 9.17) is 9.47 Å². The number of alkyl carbamates (subject to hydrolysis) is 1. The first kappa shape index (κ1) is 38.6. The van der Waals surface area contributed by atoms with Crippen molar-refractivity contribution in [3.05, 3.63) is 121 Å². The quantitative estimate of drug-likeness (QED) is 0.105. The van der Waals surface area contributed by atoms with Gasteiger partial charge in [-0.2, -0.15) is 0 Å². The fourth-order valence-electron chi connectivity index (χ4n) is 6.18. The van der Waals surface area contributed by atoms with Crippen molar-refractivity contribution in [1.82, 2.24) is 15.5 Å². The lowest BCUT2D eigenvalue weighted by Crippen LogP contribution is -2.51. The molecule has 0 aliphatic heterocycles. The highest BCUT2D eigenvalue weighted by Crippen LogP contribution is 2.44. The molecule has 3 aromatic rings. The van der Waals surface area contributed by atoms with Crippen molar-refractivity contribution in [2.24, 2.45) is 5.92 Å². The highest BCUT2D eigenvalue weighted by atomic mass is 16.6. The minimum Gasteiger partial charge on any atom is -0.462 e. The Morgan fingerprint density at radius 1 is 0.902 bits per heavy atom. The summed E-state index contributed by atoms with van der Waals surface area (Å²) in [5.41, 5.74) is 4.28. The smallest absolute Gasteiger partial charge is 0.407 e. The van der Waals surface area contributed by atoms with Gasteiger partial charge in [-0.1, -0.05) is 91.0 Å². The molecule has 1 aliphatic rings. The van der Waals surface area contributed by atoms with Crippen LogP contribution in [0.15, 0.2) is 104 Å². The molecule has 0 spiro atoms. The number of nitrogens with zero attached hydrogens (tertiary/aromatic N) is 1. The molecule has 4 rings (SSSR count). The summed E-state index contributed by atoms with van der Waals surface area (Å²) < 4.78 is 11.3. The first-order chi connectivity index (χ1) is 24.6. The molecule has 0 aromatic heterocycles. The molecule has 0 saturated heterocycles. The van der Waals surface area contributed by atoms with E-state index in [0.29, 0.717) is 13.0 Å². The number of carbonyl (C=O) groups is 4. The molecule has 10 nitrogen and oxygen atoms in total. The normalized spacial score (nSPS) is 13.2. The molecule has 3 amide bonds. The van der Waals surface area contributed by atoms with Crippen LogP contribution in [0.25, 0.3) is 11.1 Å². The number of esters is 1. The molecular weight excluding hydrogens is 646 g/mol. The third kappa shape index (κ3) is 10.9. The summed E-state index contributed by atoms with van der Waals surface area (Å²) in [6, 6.07) is 24.5. The highest BCUT2D eigenvalue weighted by Gasteiger charge is 2.32. The van der Waals surface area contributed by atoms with E-state index in [0.717, 1.165) is 27.8 Å². The number of aliphatic hydroxyl groups excluding tert-OH is 1. The molecule has 0 fully saturated rings. The molecule has 0 radical (unpaired) electrons. The molecule has 0 bridgehead atoms. The van der Waals surface area contributed by atoms with Gasteiger partial charge in [0.2, 0.25) is 11.8 Å². The van der Waals surface area contributed by atoms with Gasteiger partial charge in [0, 0.05) is 25.4 Å². The van der Waals surface area contributed by atoms with Crippen LogP contribution in [0.5, 0.6) is 0 Å². The Labute approximate surface area is 300 Å². The van der Waals surface area contributed by atoms with Crippen molar-refractivity contribution in [2.45, 2.75) is 63.6 Å². The Balaban J connectivity index is 1.32. The van der Waals surface area contributed by atoms with Crippen LogP contribution < -0.4 is 10.6 Å². The van der Waals surface area contributed by atoms with Crippen molar-refractivity contribution in [1.29, 1.82) is 0 Å². The second-order valence-corrected chi connectivity index (χ2v) is 13.3. The van der Waals surface area contributed by atoms with E-state index >= 15 is 0 Å². The van der Waals surface area contributed by atoms with Crippen LogP contribution in [0.3, 0.4) is 0 Å². The number of hydrogen-bond donors (Lipinski definition) is 3. The summed E-state index contributed by atoms with van der Waals surface area (Å²) >= 11 is 0. The monoisotopic (exact) mass is 695 g/mol. The first-order valence-corrected chi connectivity index (χ1v) is 17.3. The van der Waals surface area contributed by atoms with Crippen molar-refractivity contribution >= 4 is 23.9 Å². The Morgan fingerprint density at radius 2 is 1.53 bits per heavy atom. The number of carbonyl (C=O) groups excluding carboxylic acids is 4. The first-order valence-electron chi connectivity index (χ1n) is 17.3. The molecule has 2 atom stereocenters. The zero-order valence-electron chi connectivity index (χ0n) is 29.5. The summed E-state index contributed by atoms with van der Waals surface area (Å²) in [5.74, 6) is -2.20. The van der Waals surface area contributed by atoms with Gasteiger partial charge in [-0.15, -0.1) is 13.2 Å².